The first kappa shape index (κ1) is 21.3. The normalized spacial score (nSPS) is 15.9. The van der Waals surface area contributed by atoms with E-state index in [4.69, 9.17) is 0 Å². The minimum atomic E-state index is -3.71. The van der Waals surface area contributed by atoms with Gasteiger partial charge in [0.2, 0.25) is 0 Å². The summed E-state index contributed by atoms with van der Waals surface area (Å²) in [7, 11) is -3.71. The molecule has 1 saturated heterocycles. The molecule has 0 spiro atoms. The Balaban J connectivity index is 1.73. The largest absolute Gasteiger partial charge is 0.298 e. The van der Waals surface area contributed by atoms with Gasteiger partial charge in [0.05, 0.1) is 15.5 Å². The summed E-state index contributed by atoms with van der Waals surface area (Å²) < 4.78 is 23.6. The van der Waals surface area contributed by atoms with Gasteiger partial charge in [-0.05, 0) is 37.9 Å². The van der Waals surface area contributed by atoms with Crippen molar-refractivity contribution in [1.82, 2.24) is 9.88 Å². The molecule has 1 aliphatic heterocycles. The van der Waals surface area contributed by atoms with E-state index in [9.17, 15) is 23.3 Å². The SMILES string of the molecule is CC1CCN(Cc2csc(NC(=O)c3cc([N+](=O)[O-])cc(S(C)(=O)=O)c3)n2)CC1. The van der Waals surface area contributed by atoms with Crippen molar-refractivity contribution in [2.45, 2.75) is 31.2 Å². The Morgan fingerprint density at radius 1 is 1.34 bits per heavy atom. The molecular weight excluding hydrogens is 416 g/mol. The van der Waals surface area contributed by atoms with Crippen LogP contribution in [0.2, 0.25) is 0 Å². The van der Waals surface area contributed by atoms with Crippen LogP contribution in [-0.4, -0.2) is 48.5 Å². The number of anilines is 1. The number of rotatable bonds is 6. The maximum atomic E-state index is 12.5. The Morgan fingerprint density at radius 3 is 2.66 bits per heavy atom. The molecule has 11 heteroatoms. The summed E-state index contributed by atoms with van der Waals surface area (Å²) >= 11 is 1.26. The highest BCUT2D eigenvalue weighted by Crippen LogP contribution is 2.24. The number of aromatic nitrogens is 1. The molecule has 3 rings (SSSR count). The van der Waals surface area contributed by atoms with Gasteiger partial charge in [0.25, 0.3) is 11.6 Å². The van der Waals surface area contributed by atoms with Crippen LogP contribution in [0.15, 0.2) is 28.5 Å². The highest BCUT2D eigenvalue weighted by molar-refractivity contribution is 7.90. The maximum Gasteiger partial charge on any atom is 0.271 e. The third-order valence-corrected chi connectivity index (χ3v) is 6.73. The summed E-state index contributed by atoms with van der Waals surface area (Å²) in [4.78, 5) is 29.3. The summed E-state index contributed by atoms with van der Waals surface area (Å²) in [5, 5.41) is 15.9. The van der Waals surface area contributed by atoms with Crippen LogP contribution in [-0.2, 0) is 16.4 Å². The summed E-state index contributed by atoms with van der Waals surface area (Å²) in [5.74, 6) is 0.0922. The highest BCUT2D eigenvalue weighted by atomic mass is 32.2. The molecule has 156 valence electrons. The number of piperidine rings is 1. The van der Waals surface area contributed by atoms with Crippen LogP contribution < -0.4 is 5.32 Å². The first-order chi connectivity index (χ1) is 13.6. The van der Waals surface area contributed by atoms with E-state index in [1.54, 1.807) is 0 Å². The Morgan fingerprint density at radius 2 is 2.03 bits per heavy atom. The van der Waals surface area contributed by atoms with E-state index in [1.807, 2.05) is 5.38 Å². The average Bonchev–Trinajstić information content (AvgIpc) is 3.09. The fraction of sp³-hybridized carbons (Fsp3) is 0.444. The maximum absolute atomic E-state index is 12.5. The average molecular weight is 439 g/mol. The summed E-state index contributed by atoms with van der Waals surface area (Å²) in [5.41, 5.74) is 0.273. The molecule has 9 nitrogen and oxygen atoms in total. The number of hydrogen-bond acceptors (Lipinski definition) is 8. The number of benzene rings is 1. The van der Waals surface area contributed by atoms with E-state index in [2.05, 4.69) is 22.1 Å². The van der Waals surface area contributed by atoms with Gasteiger partial charge in [0.1, 0.15) is 0 Å². The Hall–Kier alpha value is -2.37. The number of nitrogens with zero attached hydrogens (tertiary/aromatic N) is 3. The Labute approximate surface area is 172 Å². The van der Waals surface area contributed by atoms with Gasteiger partial charge in [-0.3, -0.25) is 25.1 Å². The number of amides is 1. The molecule has 0 radical (unpaired) electrons. The second kappa shape index (κ2) is 8.56. The summed E-state index contributed by atoms with van der Waals surface area (Å²) in [6, 6.07) is 3.11. The van der Waals surface area contributed by atoms with Crippen LogP contribution in [0.5, 0.6) is 0 Å². The minimum Gasteiger partial charge on any atom is -0.298 e. The third kappa shape index (κ3) is 5.58. The Bertz CT molecular complexity index is 1030. The molecule has 0 saturated carbocycles. The van der Waals surface area contributed by atoms with Crippen molar-refractivity contribution >= 4 is 37.9 Å². The van der Waals surface area contributed by atoms with E-state index in [-0.39, 0.29) is 10.5 Å². The van der Waals surface area contributed by atoms with Gasteiger partial charge >= 0.3 is 0 Å². The number of likely N-dealkylation sites (tertiary alicyclic amines) is 1. The van der Waals surface area contributed by atoms with Crippen molar-refractivity contribution < 1.29 is 18.1 Å². The zero-order valence-electron chi connectivity index (χ0n) is 16.1. The van der Waals surface area contributed by atoms with E-state index >= 15 is 0 Å². The van der Waals surface area contributed by atoms with Gasteiger partial charge in [-0.25, -0.2) is 13.4 Å². The molecule has 1 aliphatic rings. The highest BCUT2D eigenvalue weighted by Gasteiger charge is 2.20. The molecule has 1 aromatic carbocycles. The van der Waals surface area contributed by atoms with Crippen molar-refractivity contribution in [3.8, 4) is 0 Å². The number of hydrogen-bond donors (Lipinski definition) is 1. The molecule has 1 N–H and O–H groups in total. The third-order valence-electron chi connectivity index (χ3n) is 4.83. The van der Waals surface area contributed by atoms with Crippen LogP contribution >= 0.6 is 11.3 Å². The number of nitro groups is 1. The molecule has 29 heavy (non-hydrogen) atoms. The molecule has 1 aromatic heterocycles. The predicted molar refractivity (Wildman–Crippen MR) is 110 cm³/mol. The quantitative estimate of drug-likeness (QED) is 0.543. The van der Waals surface area contributed by atoms with E-state index < -0.39 is 26.4 Å². The molecule has 0 aliphatic carbocycles. The van der Waals surface area contributed by atoms with Gasteiger partial charge in [0, 0.05) is 35.9 Å². The molecule has 1 amide bonds. The minimum absolute atomic E-state index is 0.110. The standard InChI is InChI=1S/C18H22N4O5S2/c1-12-3-5-21(6-4-12)10-14-11-28-18(19-14)20-17(23)13-7-15(22(24)25)9-16(8-13)29(2,26)27/h7-9,11-12H,3-6,10H2,1-2H3,(H,19,20,23). The zero-order chi connectivity index (χ0) is 21.2. The number of nitro benzene ring substituents is 1. The van der Waals surface area contributed by atoms with Gasteiger partial charge in [-0.15, -0.1) is 11.3 Å². The van der Waals surface area contributed by atoms with Gasteiger partial charge in [-0.1, -0.05) is 6.92 Å². The monoisotopic (exact) mass is 438 g/mol. The van der Waals surface area contributed by atoms with Crippen LogP contribution in [0.1, 0.15) is 35.8 Å². The van der Waals surface area contributed by atoms with E-state index in [0.717, 1.165) is 62.0 Å². The lowest BCUT2D eigenvalue weighted by atomic mass is 9.99. The van der Waals surface area contributed by atoms with Crippen molar-refractivity contribution in [2.24, 2.45) is 5.92 Å². The number of carbonyl (C=O) groups is 1. The number of sulfone groups is 1. The van der Waals surface area contributed by atoms with Crippen LogP contribution in [0.4, 0.5) is 10.8 Å². The molecule has 0 unspecified atom stereocenters. The lowest BCUT2D eigenvalue weighted by molar-refractivity contribution is -0.385. The lowest BCUT2D eigenvalue weighted by Crippen LogP contribution is -2.32. The van der Waals surface area contributed by atoms with Crippen molar-refractivity contribution in [2.75, 3.05) is 24.7 Å². The van der Waals surface area contributed by atoms with Gasteiger partial charge in [0.15, 0.2) is 15.0 Å². The fourth-order valence-corrected chi connectivity index (χ4v) is 4.46. The van der Waals surface area contributed by atoms with Crippen LogP contribution in [0.3, 0.4) is 0 Å². The van der Waals surface area contributed by atoms with E-state index in [0.29, 0.717) is 11.7 Å². The lowest BCUT2D eigenvalue weighted by Gasteiger charge is -2.29. The summed E-state index contributed by atoms with van der Waals surface area (Å²) in [6.07, 6.45) is 3.24. The number of thiazole rings is 1. The summed E-state index contributed by atoms with van der Waals surface area (Å²) in [6.45, 7) is 4.98. The topological polar surface area (TPSA) is 123 Å². The molecular formula is C18H22N4O5S2. The second-order valence-electron chi connectivity index (χ2n) is 7.30. The Kier molecular flexibility index (Phi) is 6.30. The molecule has 0 bridgehead atoms. The molecule has 2 aromatic rings. The number of non-ortho nitro benzene ring substituents is 1. The van der Waals surface area contributed by atoms with E-state index in [1.165, 1.54) is 11.3 Å². The molecule has 0 atom stereocenters. The van der Waals surface area contributed by atoms with Crippen molar-refractivity contribution in [1.29, 1.82) is 0 Å². The fourth-order valence-electron chi connectivity index (χ4n) is 3.09. The molecule has 1 fully saturated rings. The van der Waals surface area contributed by atoms with Crippen molar-refractivity contribution in [3.63, 3.8) is 0 Å². The number of carbonyl (C=O) groups excluding carboxylic acids is 1. The second-order valence-corrected chi connectivity index (χ2v) is 10.2. The van der Waals surface area contributed by atoms with Crippen LogP contribution in [0.25, 0.3) is 0 Å². The van der Waals surface area contributed by atoms with Crippen molar-refractivity contribution in [3.05, 3.63) is 45.0 Å². The van der Waals surface area contributed by atoms with Gasteiger partial charge < -0.3 is 0 Å². The van der Waals surface area contributed by atoms with Crippen LogP contribution in [0, 0.1) is 16.0 Å². The molecule has 2 heterocycles. The number of nitrogens with one attached hydrogen (secondary N) is 1. The first-order valence-electron chi connectivity index (χ1n) is 9.09. The van der Waals surface area contributed by atoms with Gasteiger partial charge in [-0.2, -0.15) is 0 Å². The smallest absolute Gasteiger partial charge is 0.271 e. The predicted octanol–water partition coefficient (Wildman–Crippen LogP) is 2.94. The first-order valence-corrected chi connectivity index (χ1v) is 11.9. The zero-order valence-corrected chi connectivity index (χ0v) is 17.8.